The molecule has 0 unspecified atom stereocenters. The lowest BCUT2D eigenvalue weighted by Gasteiger charge is -1.97. The van der Waals surface area contributed by atoms with Crippen LogP contribution in [0.15, 0.2) is 16.7 Å². The molecule has 0 aliphatic rings. The molecule has 1 aromatic rings. The van der Waals surface area contributed by atoms with Crippen molar-refractivity contribution in [1.82, 2.24) is 4.98 Å². The quantitative estimate of drug-likeness (QED) is 0.664. The Kier molecular flexibility index (Phi) is 3.88. The predicted molar refractivity (Wildman–Crippen MR) is 54.1 cm³/mol. The normalized spacial score (nSPS) is 9.86. The average Bonchev–Trinajstić information content (AvgIpc) is 2.60. The van der Waals surface area contributed by atoms with E-state index in [4.69, 9.17) is 0 Å². The van der Waals surface area contributed by atoms with E-state index in [2.05, 4.69) is 25.7 Å². The molecule has 0 fully saturated rings. The molecule has 0 aromatic carbocycles. The smallest absolute Gasteiger partial charge is 0.305 e. The molecule has 0 radical (unpaired) electrons. The van der Waals surface area contributed by atoms with Gasteiger partial charge < -0.3 is 9.72 Å². The fourth-order valence-corrected chi connectivity index (χ4v) is 1.32. The molecule has 1 N–H and O–H groups in total. The van der Waals surface area contributed by atoms with Crippen LogP contribution in [-0.4, -0.2) is 23.8 Å². The van der Waals surface area contributed by atoms with Crippen LogP contribution in [-0.2, 0) is 9.53 Å². The van der Waals surface area contributed by atoms with Crippen molar-refractivity contribution in [2.45, 2.75) is 12.8 Å². The van der Waals surface area contributed by atoms with Gasteiger partial charge in [-0.3, -0.25) is 9.59 Å². The molecule has 1 heterocycles. The summed E-state index contributed by atoms with van der Waals surface area (Å²) in [5, 5.41) is 0. The van der Waals surface area contributed by atoms with E-state index >= 15 is 0 Å². The van der Waals surface area contributed by atoms with E-state index < -0.39 is 0 Å². The summed E-state index contributed by atoms with van der Waals surface area (Å²) >= 11 is 3.22. The summed E-state index contributed by atoms with van der Waals surface area (Å²) in [6.07, 6.45) is 1.96. The molecule has 0 saturated heterocycles. The molecule has 0 bridgehead atoms. The number of hydrogen-bond donors (Lipinski definition) is 1. The second kappa shape index (κ2) is 4.95. The van der Waals surface area contributed by atoms with Crippen LogP contribution in [0.3, 0.4) is 0 Å². The summed E-state index contributed by atoms with van der Waals surface area (Å²) in [6, 6.07) is 1.68. The molecule has 14 heavy (non-hydrogen) atoms. The zero-order valence-electron chi connectivity index (χ0n) is 7.67. The first-order valence-electron chi connectivity index (χ1n) is 4.07. The first kappa shape index (κ1) is 11.0. The fourth-order valence-electron chi connectivity index (χ4n) is 0.981. The molecular weight excluding hydrogens is 250 g/mol. The summed E-state index contributed by atoms with van der Waals surface area (Å²) in [7, 11) is 1.30. The number of halogens is 1. The summed E-state index contributed by atoms with van der Waals surface area (Å²) in [5.41, 5.74) is 0.501. The van der Waals surface area contributed by atoms with E-state index in [-0.39, 0.29) is 24.6 Å². The van der Waals surface area contributed by atoms with Crippen LogP contribution in [0.2, 0.25) is 0 Å². The second-order valence-corrected chi connectivity index (χ2v) is 3.65. The Labute approximate surface area is 89.8 Å². The highest BCUT2D eigenvalue weighted by molar-refractivity contribution is 9.10. The molecule has 0 saturated carbocycles. The number of aromatic nitrogens is 1. The number of methoxy groups -OCH3 is 1. The van der Waals surface area contributed by atoms with Crippen LogP contribution in [0.25, 0.3) is 0 Å². The maximum atomic E-state index is 11.4. The van der Waals surface area contributed by atoms with Gasteiger partial charge in [0.2, 0.25) is 0 Å². The lowest BCUT2D eigenvalue weighted by atomic mass is 10.2. The summed E-state index contributed by atoms with van der Waals surface area (Å²) in [4.78, 5) is 25.0. The van der Waals surface area contributed by atoms with Gasteiger partial charge in [0, 0.05) is 17.1 Å². The Morgan fingerprint density at radius 2 is 2.21 bits per heavy atom. The van der Waals surface area contributed by atoms with Crippen molar-refractivity contribution in [3.63, 3.8) is 0 Å². The van der Waals surface area contributed by atoms with Crippen LogP contribution in [0.4, 0.5) is 0 Å². The Morgan fingerprint density at radius 1 is 1.50 bits per heavy atom. The average molecular weight is 260 g/mol. The van der Waals surface area contributed by atoms with Gasteiger partial charge in [0.05, 0.1) is 19.2 Å². The Bertz CT molecular complexity index is 346. The second-order valence-electron chi connectivity index (χ2n) is 2.73. The number of H-pyrrole nitrogens is 1. The number of nitrogens with one attached hydrogen (secondary N) is 1. The van der Waals surface area contributed by atoms with E-state index in [1.54, 1.807) is 12.3 Å². The van der Waals surface area contributed by atoms with Crippen LogP contribution < -0.4 is 0 Å². The van der Waals surface area contributed by atoms with Gasteiger partial charge in [-0.05, 0) is 22.0 Å². The van der Waals surface area contributed by atoms with Gasteiger partial charge in [-0.25, -0.2) is 0 Å². The maximum absolute atomic E-state index is 11.4. The number of aromatic amines is 1. The highest BCUT2D eigenvalue weighted by Gasteiger charge is 2.10. The van der Waals surface area contributed by atoms with E-state index in [0.29, 0.717) is 5.69 Å². The number of carbonyl (C=O) groups excluding carboxylic acids is 2. The third-order valence-electron chi connectivity index (χ3n) is 1.73. The zero-order valence-corrected chi connectivity index (χ0v) is 9.26. The summed E-state index contributed by atoms with van der Waals surface area (Å²) in [5.74, 6) is -0.468. The van der Waals surface area contributed by atoms with Crippen molar-refractivity contribution in [3.8, 4) is 0 Å². The first-order chi connectivity index (χ1) is 6.63. The molecule has 5 heteroatoms. The van der Waals surface area contributed by atoms with Gasteiger partial charge >= 0.3 is 5.97 Å². The van der Waals surface area contributed by atoms with Crippen molar-refractivity contribution >= 4 is 27.7 Å². The number of ketones is 1. The number of esters is 1. The van der Waals surface area contributed by atoms with Crippen molar-refractivity contribution < 1.29 is 14.3 Å². The Balaban J connectivity index is 2.47. The highest BCUT2D eigenvalue weighted by Crippen LogP contribution is 2.12. The number of hydrogen-bond acceptors (Lipinski definition) is 3. The van der Waals surface area contributed by atoms with E-state index in [1.807, 2.05) is 0 Å². The molecule has 4 nitrogen and oxygen atoms in total. The Morgan fingerprint density at radius 3 is 2.71 bits per heavy atom. The minimum absolute atomic E-state index is 0.0962. The van der Waals surface area contributed by atoms with Gasteiger partial charge in [0.25, 0.3) is 0 Å². The molecule has 0 aliphatic carbocycles. The van der Waals surface area contributed by atoms with Crippen molar-refractivity contribution in [2.24, 2.45) is 0 Å². The number of ether oxygens (including phenoxy) is 1. The third kappa shape index (κ3) is 2.99. The number of Topliss-reactive ketones (excluding diaryl/α,β-unsaturated/α-hetero) is 1. The summed E-state index contributed by atoms with van der Waals surface area (Å²) in [6.45, 7) is 0. The Hall–Kier alpha value is -1.10. The molecule has 1 rings (SSSR count). The molecule has 1 aromatic heterocycles. The van der Waals surface area contributed by atoms with Gasteiger partial charge in [-0.1, -0.05) is 0 Å². The van der Waals surface area contributed by atoms with Gasteiger partial charge in [0.1, 0.15) is 0 Å². The monoisotopic (exact) mass is 259 g/mol. The SMILES string of the molecule is COC(=O)CCC(=O)c1cc(Br)c[nH]1. The standard InChI is InChI=1S/C9H10BrNO3/c1-14-9(13)3-2-8(12)7-4-6(10)5-11-7/h4-5,11H,2-3H2,1H3. The van der Waals surface area contributed by atoms with Gasteiger partial charge in [-0.15, -0.1) is 0 Å². The van der Waals surface area contributed by atoms with Crippen LogP contribution in [0.5, 0.6) is 0 Å². The van der Waals surface area contributed by atoms with Crippen LogP contribution >= 0.6 is 15.9 Å². The molecular formula is C9H10BrNO3. The predicted octanol–water partition coefficient (Wildman–Crippen LogP) is 1.91. The molecule has 0 aliphatic heterocycles. The molecule has 0 amide bonds. The van der Waals surface area contributed by atoms with Crippen molar-refractivity contribution in [1.29, 1.82) is 0 Å². The minimum atomic E-state index is -0.371. The van der Waals surface area contributed by atoms with Crippen LogP contribution in [0.1, 0.15) is 23.3 Å². The molecule has 0 spiro atoms. The maximum Gasteiger partial charge on any atom is 0.305 e. The van der Waals surface area contributed by atoms with Gasteiger partial charge in [0.15, 0.2) is 5.78 Å². The van der Waals surface area contributed by atoms with Crippen molar-refractivity contribution in [3.05, 3.63) is 22.4 Å². The first-order valence-corrected chi connectivity index (χ1v) is 4.86. The number of rotatable bonds is 4. The highest BCUT2D eigenvalue weighted by atomic mass is 79.9. The molecule has 76 valence electrons. The minimum Gasteiger partial charge on any atom is -0.469 e. The molecule has 0 atom stereocenters. The van der Waals surface area contributed by atoms with E-state index in [1.165, 1.54) is 7.11 Å². The van der Waals surface area contributed by atoms with Gasteiger partial charge in [-0.2, -0.15) is 0 Å². The summed E-state index contributed by atoms with van der Waals surface area (Å²) < 4.78 is 5.25. The topological polar surface area (TPSA) is 59.2 Å². The van der Waals surface area contributed by atoms with E-state index in [9.17, 15) is 9.59 Å². The van der Waals surface area contributed by atoms with Crippen LogP contribution in [0, 0.1) is 0 Å². The number of carbonyl (C=O) groups is 2. The fraction of sp³-hybridized carbons (Fsp3) is 0.333. The third-order valence-corrected chi connectivity index (χ3v) is 2.19. The zero-order chi connectivity index (χ0) is 10.6. The largest absolute Gasteiger partial charge is 0.469 e. The van der Waals surface area contributed by atoms with Crippen molar-refractivity contribution in [2.75, 3.05) is 7.11 Å². The lowest BCUT2D eigenvalue weighted by molar-refractivity contribution is -0.140. The van der Waals surface area contributed by atoms with E-state index in [0.717, 1.165) is 4.47 Å². The lowest BCUT2D eigenvalue weighted by Crippen LogP contribution is -2.06.